The molecule has 186 valence electrons. The topological polar surface area (TPSA) is 79.2 Å². The number of rotatable bonds is 9. The lowest BCUT2D eigenvalue weighted by molar-refractivity contribution is -0.116. The molecule has 0 radical (unpaired) electrons. The molecule has 3 aromatic carbocycles. The molecule has 0 aliphatic heterocycles. The molecule has 0 saturated carbocycles. The van der Waals surface area contributed by atoms with Crippen LogP contribution in [-0.4, -0.2) is 34.3 Å². The fourth-order valence-electron chi connectivity index (χ4n) is 4.02. The highest BCUT2D eigenvalue weighted by molar-refractivity contribution is 6.00. The summed E-state index contributed by atoms with van der Waals surface area (Å²) in [6.45, 7) is 2.29. The van der Waals surface area contributed by atoms with Crippen molar-refractivity contribution < 1.29 is 28.2 Å². The maximum atomic E-state index is 12.7. The molecule has 0 fully saturated rings. The van der Waals surface area contributed by atoms with Gasteiger partial charge in [-0.25, -0.2) is 0 Å². The summed E-state index contributed by atoms with van der Waals surface area (Å²) in [6, 6.07) is 17.1. The third kappa shape index (κ3) is 5.15. The van der Waals surface area contributed by atoms with Crippen LogP contribution in [0.4, 0.5) is 0 Å². The third-order valence-corrected chi connectivity index (χ3v) is 5.99. The van der Waals surface area contributed by atoms with Crippen molar-refractivity contribution in [2.75, 3.05) is 28.4 Å². The van der Waals surface area contributed by atoms with Gasteiger partial charge in [0.25, 0.3) is 0 Å². The van der Waals surface area contributed by atoms with Crippen molar-refractivity contribution in [1.82, 2.24) is 5.32 Å². The molecule has 1 heterocycles. The van der Waals surface area contributed by atoms with E-state index in [1.165, 1.54) is 0 Å². The Hall–Kier alpha value is -4.39. The second-order valence-corrected chi connectivity index (χ2v) is 8.16. The van der Waals surface area contributed by atoms with Crippen molar-refractivity contribution in [2.45, 2.75) is 13.5 Å². The van der Waals surface area contributed by atoms with Gasteiger partial charge in [0, 0.05) is 35.2 Å². The minimum absolute atomic E-state index is 0.197. The summed E-state index contributed by atoms with van der Waals surface area (Å²) in [5.74, 6) is 2.47. The molecule has 0 atom stereocenters. The number of nitrogens with one attached hydrogen (secondary N) is 1. The lowest BCUT2D eigenvalue weighted by atomic mass is 9.99. The van der Waals surface area contributed by atoms with Gasteiger partial charge in [-0.1, -0.05) is 18.2 Å². The van der Waals surface area contributed by atoms with Crippen molar-refractivity contribution in [3.05, 3.63) is 78.1 Å². The van der Waals surface area contributed by atoms with E-state index in [4.69, 9.17) is 23.4 Å². The molecule has 0 aliphatic rings. The molecule has 0 unspecified atom stereocenters. The number of methoxy groups -OCH3 is 4. The summed E-state index contributed by atoms with van der Waals surface area (Å²) in [6.07, 6.45) is 3.28. The van der Waals surface area contributed by atoms with E-state index in [9.17, 15) is 4.79 Å². The lowest BCUT2D eigenvalue weighted by Crippen LogP contribution is -2.20. The van der Waals surface area contributed by atoms with Gasteiger partial charge in [-0.3, -0.25) is 4.79 Å². The fourth-order valence-corrected chi connectivity index (χ4v) is 4.02. The number of hydrogen-bond acceptors (Lipinski definition) is 6. The fraction of sp³-hybridized carbons (Fsp3) is 0.207. The Bertz CT molecular complexity index is 1400. The van der Waals surface area contributed by atoms with Gasteiger partial charge in [-0.05, 0) is 54.0 Å². The maximum absolute atomic E-state index is 12.7. The van der Waals surface area contributed by atoms with E-state index in [2.05, 4.69) is 5.32 Å². The first-order valence-electron chi connectivity index (χ1n) is 11.4. The van der Waals surface area contributed by atoms with E-state index in [-0.39, 0.29) is 5.91 Å². The molecule has 0 bridgehead atoms. The van der Waals surface area contributed by atoms with Crippen LogP contribution in [-0.2, 0) is 11.3 Å². The highest BCUT2D eigenvalue weighted by atomic mass is 16.5. The second kappa shape index (κ2) is 10.9. The molecule has 7 heteroatoms. The quantitative estimate of drug-likeness (QED) is 0.298. The lowest BCUT2D eigenvalue weighted by Gasteiger charge is -2.11. The summed E-state index contributed by atoms with van der Waals surface area (Å²) in [7, 11) is 6.42. The van der Waals surface area contributed by atoms with E-state index >= 15 is 0 Å². The minimum atomic E-state index is -0.197. The molecule has 1 amide bonds. The van der Waals surface area contributed by atoms with Crippen LogP contribution < -0.4 is 24.3 Å². The zero-order valence-electron chi connectivity index (χ0n) is 21.0. The van der Waals surface area contributed by atoms with Crippen LogP contribution in [0.1, 0.15) is 18.1 Å². The van der Waals surface area contributed by atoms with Crippen molar-refractivity contribution >= 4 is 22.4 Å². The maximum Gasteiger partial charge on any atom is 0.244 e. The zero-order valence-corrected chi connectivity index (χ0v) is 21.0. The van der Waals surface area contributed by atoms with Crippen LogP contribution in [0.3, 0.4) is 0 Å². The van der Waals surface area contributed by atoms with Gasteiger partial charge < -0.3 is 28.7 Å². The van der Waals surface area contributed by atoms with Crippen molar-refractivity contribution in [1.29, 1.82) is 0 Å². The molecular weight excluding hydrogens is 458 g/mol. The van der Waals surface area contributed by atoms with Gasteiger partial charge in [-0.15, -0.1) is 0 Å². The Kier molecular flexibility index (Phi) is 7.49. The zero-order chi connectivity index (χ0) is 25.7. The number of allylic oxidation sites excluding steroid dienone is 1. The van der Waals surface area contributed by atoms with Gasteiger partial charge in [-0.2, -0.15) is 0 Å². The van der Waals surface area contributed by atoms with Crippen molar-refractivity contribution in [2.24, 2.45) is 0 Å². The van der Waals surface area contributed by atoms with Gasteiger partial charge in [0.2, 0.25) is 5.91 Å². The molecule has 0 aliphatic carbocycles. The predicted octanol–water partition coefficient (Wildman–Crippen LogP) is 5.85. The highest BCUT2D eigenvalue weighted by Gasteiger charge is 2.16. The first-order valence-corrected chi connectivity index (χ1v) is 11.4. The molecule has 4 rings (SSSR count). The average molecular weight is 488 g/mol. The number of amides is 1. The highest BCUT2D eigenvalue weighted by Crippen LogP contribution is 2.39. The predicted molar refractivity (Wildman–Crippen MR) is 140 cm³/mol. The van der Waals surface area contributed by atoms with Crippen molar-refractivity contribution in [3.63, 3.8) is 0 Å². The Balaban J connectivity index is 1.62. The Morgan fingerprint density at radius 3 is 2.25 bits per heavy atom. The molecule has 7 nitrogen and oxygen atoms in total. The van der Waals surface area contributed by atoms with Crippen LogP contribution in [0, 0.1) is 0 Å². The third-order valence-electron chi connectivity index (χ3n) is 5.99. The molecule has 1 N–H and O–H groups in total. The monoisotopic (exact) mass is 487 g/mol. The molecule has 1 aromatic heterocycles. The van der Waals surface area contributed by atoms with E-state index < -0.39 is 0 Å². The van der Waals surface area contributed by atoms with Gasteiger partial charge in [0.1, 0.15) is 17.1 Å². The number of carbonyl (C=O) groups is 1. The summed E-state index contributed by atoms with van der Waals surface area (Å²) in [4.78, 5) is 12.7. The first-order chi connectivity index (χ1) is 17.5. The van der Waals surface area contributed by atoms with Gasteiger partial charge in [0.05, 0.1) is 34.7 Å². The van der Waals surface area contributed by atoms with E-state index in [1.807, 2.05) is 61.5 Å². The van der Waals surface area contributed by atoms with Crippen LogP contribution in [0.25, 0.3) is 27.7 Å². The van der Waals surface area contributed by atoms with E-state index in [0.29, 0.717) is 29.4 Å². The average Bonchev–Trinajstić information content (AvgIpc) is 3.33. The second-order valence-electron chi connectivity index (χ2n) is 8.16. The first kappa shape index (κ1) is 24.7. The number of hydrogen-bond donors (Lipinski definition) is 1. The minimum Gasteiger partial charge on any atom is -0.497 e. The summed E-state index contributed by atoms with van der Waals surface area (Å²) < 4.78 is 27.4. The Morgan fingerprint density at radius 1 is 0.861 bits per heavy atom. The summed E-state index contributed by atoms with van der Waals surface area (Å²) in [5, 5.41) is 3.82. The standard InChI is InChI=1S/C29H29NO6/c1-18(12-29(31)30-16-19-6-9-21(32-2)10-7-19)22-14-23-24(17-36-27(23)15-26(22)34-4)20-8-11-25(33-3)28(13-20)35-5/h6-15,17H,16H2,1-5H3,(H,30,31)/b18-12+. The summed E-state index contributed by atoms with van der Waals surface area (Å²) in [5.41, 5.74) is 5.03. The SMILES string of the molecule is COc1ccc(CNC(=O)/C=C(\C)c2cc3c(-c4ccc(OC)c(OC)c4)coc3cc2OC)cc1. The van der Waals surface area contributed by atoms with Crippen LogP contribution in [0.5, 0.6) is 23.0 Å². The van der Waals surface area contributed by atoms with Crippen LogP contribution in [0.15, 0.2) is 71.4 Å². The number of fused-ring (bicyclic) bond motifs is 1. The Labute approximate surface area is 210 Å². The van der Waals surface area contributed by atoms with Gasteiger partial charge >= 0.3 is 0 Å². The number of benzene rings is 3. The smallest absolute Gasteiger partial charge is 0.244 e. The molecule has 0 saturated heterocycles. The normalized spacial score (nSPS) is 11.3. The number of carbonyl (C=O) groups excluding carboxylic acids is 1. The van der Waals surface area contributed by atoms with Crippen molar-refractivity contribution in [3.8, 4) is 34.1 Å². The summed E-state index contributed by atoms with van der Waals surface area (Å²) >= 11 is 0. The van der Waals surface area contributed by atoms with Crippen LogP contribution in [0.2, 0.25) is 0 Å². The van der Waals surface area contributed by atoms with Crippen LogP contribution >= 0.6 is 0 Å². The van der Waals surface area contributed by atoms with Gasteiger partial charge in [0.15, 0.2) is 11.5 Å². The molecule has 36 heavy (non-hydrogen) atoms. The van der Waals surface area contributed by atoms with E-state index in [1.54, 1.807) is 40.8 Å². The molecular formula is C29H29NO6. The Morgan fingerprint density at radius 2 is 1.58 bits per heavy atom. The number of ether oxygens (including phenoxy) is 4. The number of furan rings is 1. The molecule has 0 spiro atoms. The van der Waals surface area contributed by atoms with E-state index in [0.717, 1.165) is 39.0 Å². The molecule has 4 aromatic rings. The largest absolute Gasteiger partial charge is 0.497 e.